The Bertz CT molecular complexity index is 524. The van der Waals surface area contributed by atoms with Crippen molar-refractivity contribution in [1.82, 2.24) is 9.88 Å². The smallest absolute Gasteiger partial charge is 0.186 e. The van der Waals surface area contributed by atoms with Gasteiger partial charge in [-0.1, -0.05) is 23.5 Å². The van der Waals surface area contributed by atoms with Crippen molar-refractivity contribution in [3.63, 3.8) is 0 Å². The summed E-state index contributed by atoms with van der Waals surface area (Å²) in [6.45, 7) is 4.88. The summed E-state index contributed by atoms with van der Waals surface area (Å²) in [7, 11) is 0. The third kappa shape index (κ3) is 1.71. The zero-order chi connectivity index (χ0) is 11.9. The molecule has 5 rings (SSSR count). The van der Waals surface area contributed by atoms with Crippen LogP contribution < -0.4 is 4.90 Å². The number of fused-ring (bicyclic) bond motifs is 5. The fraction of sp³-hybridized carbons (Fsp3) is 0.500. The average Bonchev–Trinajstić information content (AvgIpc) is 2.61. The second kappa shape index (κ2) is 4.21. The minimum Gasteiger partial charge on any atom is -0.344 e. The Morgan fingerprint density at radius 3 is 2.72 bits per heavy atom. The van der Waals surface area contributed by atoms with Crippen molar-refractivity contribution in [1.29, 1.82) is 0 Å². The third-order valence-corrected chi connectivity index (χ3v) is 5.26. The van der Waals surface area contributed by atoms with E-state index in [0.717, 1.165) is 12.1 Å². The summed E-state index contributed by atoms with van der Waals surface area (Å²) in [5.74, 6) is 0. The van der Waals surface area contributed by atoms with Crippen molar-refractivity contribution in [3.8, 4) is 0 Å². The highest BCUT2D eigenvalue weighted by atomic mass is 32.1. The van der Waals surface area contributed by atoms with Crippen LogP contribution in [0, 0.1) is 0 Å². The van der Waals surface area contributed by atoms with Crippen LogP contribution in [0.2, 0.25) is 0 Å². The van der Waals surface area contributed by atoms with Gasteiger partial charge in [0.15, 0.2) is 5.13 Å². The molecule has 3 aliphatic heterocycles. The molecule has 0 saturated carbocycles. The number of hydrogen-bond acceptors (Lipinski definition) is 4. The lowest BCUT2D eigenvalue weighted by molar-refractivity contribution is 0.250. The van der Waals surface area contributed by atoms with Gasteiger partial charge in [-0.3, -0.25) is 0 Å². The number of nitrogens with zero attached hydrogens (tertiary/aromatic N) is 3. The highest BCUT2D eigenvalue weighted by molar-refractivity contribution is 7.22. The SMILES string of the molecule is c1ccc2sc(N3CCN4CCC3CC4)nc2c1. The van der Waals surface area contributed by atoms with E-state index in [-0.39, 0.29) is 0 Å². The first-order chi connectivity index (χ1) is 8.90. The van der Waals surface area contributed by atoms with Gasteiger partial charge in [-0.15, -0.1) is 0 Å². The monoisotopic (exact) mass is 259 g/mol. The molecule has 2 aromatic rings. The van der Waals surface area contributed by atoms with Crippen molar-refractivity contribution in [2.45, 2.75) is 18.9 Å². The molecule has 1 aromatic carbocycles. The molecule has 3 nitrogen and oxygen atoms in total. The quantitative estimate of drug-likeness (QED) is 0.784. The number of aromatic nitrogens is 1. The van der Waals surface area contributed by atoms with Crippen LogP contribution in [0.5, 0.6) is 0 Å². The predicted octanol–water partition coefficient (Wildman–Crippen LogP) is 2.58. The minimum absolute atomic E-state index is 0.712. The largest absolute Gasteiger partial charge is 0.344 e. The number of rotatable bonds is 1. The molecule has 0 aliphatic carbocycles. The lowest BCUT2D eigenvalue weighted by atomic mass is 10.1. The molecule has 0 unspecified atom stereocenters. The highest BCUT2D eigenvalue weighted by Gasteiger charge is 2.30. The van der Waals surface area contributed by atoms with Gasteiger partial charge in [-0.05, 0) is 25.0 Å². The molecule has 2 bridgehead atoms. The second-order valence-electron chi connectivity index (χ2n) is 5.23. The van der Waals surface area contributed by atoms with Crippen LogP contribution >= 0.6 is 11.3 Å². The molecule has 0 spiro atoms. The maximum absolute atomic E-state index is 4.82. The summed E-state index contributed by atoms with van der Waals surface area (Å²) in [5.41, 5.74) is 1.15. The molecule has 0 amide bonds. The van der Waals surface area contributed by atoms with Crippen LogP contribution in [0.1, 0.15) is 12.8 Å². The Morgan fingerprint density at radius 2 is 1.89 bits per heavy atom. The first-order valence-electron chi connectivity index (χ1n) is 6.75. The molecule has 4 heterocycles. The summed E-state index contributed by atoms with van der Waals surface area (Å²) >= 11 is 1.85. The molecule has 3 saturated heterocycles. The minimum atomic E-state index is 0.712. The summed E-state index contributed by atoms with van der Waals surface area (Å²) in [4.78, 5) is 9.96. The molecule has 1 aromatic heterocycles. The second-order valence-corrected chi connectivity index (χ2v) is 6.24. The summed E-state index contributed by atoms with van der Waals surface area (Å²) in [5, 5.41) is 1.23. The van der Waals surface area contributed by atoms with Crippen LogP contribution in [0.15, 0.2) is 24.3 Å². The van der Waals surface area contributed by atoms with E-state index in [2.05, 4.69) is 34.1 Å². The van der Waals surface area contributed by atoms with Gasteiger partial charge in [-0.25, -0.2) is 4.98 Å². The molecule has 0 atom stereocenters. The number of piperidine rings is 1. The molecule has 18 heavy (non-hydrogen) atoms. The average molecular weight is 259 g/mol. The van der Waals surface area contributed by atoms with Crippen LogP contribution in [-0.4, -0.2) is 42.1 Å². The first kappa shape index (κ1) is 10.8. The molecular weight excluding hydrogens is 242 g/mol. The number of anilines is 1. The van der Waals surface area contributed by atoms with E-state index in [1.54, 1.807) is 0 Å². The van der Waals surface area contributed by atoms with E-state index < -0.39 is 0 Å². The van der Waals surface area contributed by atoms with Gasteiger partial charge < -0.3 is 9.80 Å². The first-order valence-corrected chi connectivity index (χ1v) is 7.56. The van der Waals surface area contributed by atoms with Gasteiger partial charge in [0.2, 0.25) is 0 Å². The van der Waals surface area contributed by atoms with Crippen molar-refractivity contribution >= 4 is 26.7 Å². The van der Waals surface area contributed by atoms with Crippen molar-refractivity contribution in [3.05, 3.63) is 24.3 Å². The molecular formula is C14H17N3S. The fourth-order valence-corrected chi connectivity index (χ4v) is 4.18. The van der Waals surface area contributed by atoms with E-state index in [0.29, 0.717) is 6.04 Å². The maximum Gasteiger partial charge on any atom is 0.186 e. The van der Waals surface area contributed by atoms with Gasteiger partial charge in [0, 0.05) is 32.2 Å². The van der Waals surface area contributed by atoms with Crippen LogP contribution in [0.4, 0.5) is 5.13 Å². The Labute approximate surface area is 111 Å². The van der Waals surface area contributed by atoms with Crippen molar-refractivity contribution in [2.75, 3.05) is 31.1 Å². The number of hydrogen-bond donors (Lipinski definition) is 0. The molecule has 3 fully saturated rings. The van der Waals surface area contributed by atoms with Crippen LogP contribution in [0.3, 0.4) is 0 Å². The Balaban J connectivity index is 1.72. The summed E-state index contributed by atoms with van der Waals surface area (Å²) in [6, 6.07) is 9.18. The topological polar surface area (TPSA) is 19.4 Å². The number of benzene rings is 1. The van der Waals surface area contributed by atoms with Gasteiger partial charge in [-0.2, -0.15) is 0 Å². The van der Waals surface area contributed by atoms with E-state index in [9.17, 15) is 0 Å². The van der Waals surface area contributed by atoms with Crippen molar-refractivity contribution in [2.24, 2.45) is 0 Å². The standard InChI is InChI=1S/C14H17N3S/c1-2-4-13-12(3-1)15-14(18-13)17-10-9-16-7-5-11(17)6-8-16/h1-4,11H,5-10H2. The summed E-state index contributed by atoms with van der Waals surface area (Å²) in [6.07, 6.45) is 2.60. The Morgan fingerprint density at radius 1 is 1.06 bits per heavy atom. The molecule has 0 radical (unpaired) electrons. The number of thiazole rings is 1. The Kier molecular flexibility index (Phi) is 2.52. The highest BCUT2D eigenvalue weighted by Crippen LogP contribution is 2.33. The van der Waals surface area contributed by atoms with Crippen LogP contribution in [-0.2, 0) is 0 Å². The molecule has 3 aliphatic rings. The molecule has 0 N–H and O–H groups in total. The molecule has 4 heteroatoms. The van der Waals surface area contributed by atoms with E-state index in [1.807, 2.05) is 11.3 Å². The van der Waals surface area contributed by atoms with Gasteiger partial charge in [0.05, 0.1) is 10.2 Å². The van der Waals surface area contributed by atoms with Gasteiger partial charge in [0.1, 0.15) is 0 Å². The van der Waals surface area contributed by atoms with E-state index in [4.69, 9.17) is 4.98 Å². The fourth-order valence-electron chi connectivity index (χ4n) is 3.12. The van der Waals surface area contributed by atoms with E-state index >= 15 is 0 Å². The summed E-state index contributed by atoms with van der Waals surface area (Å²) < 4.78 is 1.31. The zero-order valence-corrected chi connectivity index (χ0v) is 11.2. The van der Waals surface area contributed by atoms with Gasteiger partial charge in [0.25, 0.3) is 0 Å². The molecule has 94 valence electrons. The maximum atomic E-state index is 4.82. The predicted molar refractivity (Wildman–Crippen MR) is 76.4 cm³/mol. The Hall–Kier alpha value is -1.13. The lowest BCUT2D eigenvalue weighted by Gasteiger charge is -2.31. The normalized spacial score (nSPS) is 27.7. The lowest BCUT2D eigenvalue weighted by Crippen LogP contribution is -2.37. The zero-order valence-electron chi connectivity index (χ0n) is 10.4. The number of para-hydroxylation sites is 1. The van der Waals surface area contributed by atoms with Gasteiger partial charge >= 0.3 is 0 Å². The van der Waals surface area contributed by atoms with E-state index in [1.165, 1.54) is 42.3 Å². The van der Waals surface area contributed by atoms with Crippen molar-refractivity contribution < 1.29 is 0 Å². The van der Waals surface area contributed by atoms with Crippen LogP contribution in [0.25, 0.3) is 10.2 Å². The third-order valence-electron chi connectivity index (χ3n) is 4.18.